The fraction of sp³-hybridized carbons (Fsp3) is 0.00990. The molecule has 0 bridgehead atoms. The second kappa shape index (κ2) is 26.9. The minimum Gasteiger partial charge on any atom is -0.276 e. The van der Waals surface area contributed by atoms with E-state index in [-0.39, 0.29) is 0 Å². The van der Waals surface area contributed by atoms with Crippen molar-refractivity contribution in [1.29, 1.82) is 0 Å². The van der Waals surface area contributed by atoms with Crippen molar-refractivity contribution in [2.75, 3.05) is 0 Å². The molecule has 0 radical (unpaired) electrons. The molecule has 0 amide bonds. The van der Waals surface area contributed by atoms with E-state index in [2.05, 4.69) is 376 Å². The number of aromatic nitrogens is 5. The van der Waals surface area contributed by atoms with Crippen LogP contribution in [0.5, 0.6) is 0 Å². The average molecular weight is 1550 g/mol. The molecule has 111 heavy (non-hydrogen) atoms. The van der Waals surface area contributed by atoms with Crippen molar-refractivity contribution in [2.24, 2.45) is 0 Å². The minimum atomic E-state index is 0.590. The van der Waals surface area contributed by atoms with Crippen LogP contribution in [0.25, 0.3) is 208 Å². The standard InChI is InChI=1S/C50H29N3S2.C28H17BrN2S.C23H14S/c1-2-12-30(13-3-1)31-22-24-32(25-23-31)40-29-41(33-26-27-45-39(28-33)34-14-7-10-20-43(34)54-45)52-50(51-40)53-42-19-9-6-17-37(42)46-35-15-4-5-16-36(35)47-38-18-8-11-21-44(38)55-49(47)48(46)53;29-28-30-24(20-12-10-19(11-13-20)18-6-2-1-3-7-18)17-25(31-28)21-14-15-27-23(16-21)22-8-4-5-9-26(22)32-27;1-2-8-15-14(7-1)13-19-21(15)16-9-3-4-10-17(16)22-18-11-5-6-12-20(18)24-23(19)22/h1-29H;1-17H;1-12H,13H2. The van der Waals surface area contributed by atoms with Crippen molar-refractivity contribution >= 4 is 185 Å². The van der Waals surface area contributed by atoms with Gasteiger partial charge in [0, 0.05) is 115 Å². The predicted octanol–water partition coefficient (Wildman–Crippen LogP) is 29.9. The molecule has 1 aliphatic rings. The quantitative estimate of drug-likeness (QED) is 0.149. The van der Waals surface area contributed by atoms with Crippen molar-refractivity contribution in [2.45, 2.75) is 6.42 Å². The monoisotopic (exact) mass is 1550 g/mol. The van der Waals surface area contributed by atoms with Gasteiger partial charge >= 0.3 is 0 Å². The van der Waals surface area contributed by atoms with E-state index in [4.69, 9.17) is 9.97 Å². The molecule has 16 aromatic carbocycles. The van der Waals surface area contributed by atoms with Crippen molar-refractivity contribution < 1.29 is 0 Å². The van der Waals surface area contributed by atoms with Crippen LogP contribution in [-0.2, 0) is 6.42 Å². The van der Waals surface area contributed by atoms with Gasteiger partial charge in [0.1, 0.15) is 0 Å². The van der Waals surface area contributed by atoms with Crippen molar-refractivity contribution in [3.05, 3.63) is 368 Å². The van der Waals surface area contributed by atoms with E-state index in [9.17, 15) is 0 Å². The molecule has 0 spiro atoms. The van der Waals surface area contributed by atoms with E-state index in [1.165, 1.54) is 158 Å². The number of halogens is 1. The molecule has 0 N–H and O–H groups in total. The van der Waals surface area contributed by atoms with Gasteiger partial charge in [0.25, 0.3) is 0 Å². The Morgan fingerprint density at radius 2 is 0.631 bits per heavy atom. The molecule has 7 aromatic heterocycles. The third-order valence-corrected chi connectivity index (χ3v) is 27.0. The highest BCUT2D eigenvalue weighted by Gasteiger charge is 2.28. The number of para-hydroxylation sites is 1. The highest BCUT2D eigenvalue weighted by atomic mass is 79.9. The molecule has 0 aliphatic heterocycles. The Labute approximate surface area is 662 Å². The summed E-state index contributed by atoms with van der Waals surface area (Å²) in [7, 11) is 0. The zero-order chi connectivity index (χ0) is 73.2. The summed E-state index contributed by atoms with van der Waals surface area (Å²) in [6.45, 7) is 0. The molecule has 5 nitrogen and oxygen atoms in total. The maximum Gasteiger partial charge on any atom is 0.235 e. The molecule has 7 heterocycles. The van der Waals surface area contributed by atoms with Crippen molar-refractivity contribution in [3.63, 3.8) is 0 Å². The SMILES string of the molecule is Brc1nc(-c2ccc(-c3ccccc3)cc2)cc(-c2ccc3sc4ccccc4c3c2)n1.c1ccc(-c2ccc(-c3cc(-c4ccc5sc6ccccc6c5c4)nc(-n4c5ccccc5c5c6ccccc6c6c7ccccc7sc6c54)n3)cc2)cc1.c1ccc2c(c1)Cc1c-2c2ccccc2c2c1sc1ccccc12. The molecule has 0 saturated carbocycles. The predicted molar refractivity (Wildman–Crippen MR) is 480 cm³/mol. The third-order valence-electron chi connectivity index (χ3n) is 22.0. The zero-order valence-electron chi connectivity index (χ0n) is 59.4. The third kappa shape index (κ3) is 11.2. The lowest BCUT2D eigenvalue weighted by Crippen LogP contribution is -2.04. The van der Waals surface area contributed by atoms with Crippen LogP contribution in [-0.4, -0.2) is 24.5 Å². The van der Waals surface area contributed by atoms with Crippen LogP contribution in [0.3, 0.4) is 0 Å². The summed E-state index contributed by atoms with van der Waals surface area (Å²) < 4.78 is 13.5. The number of rotatable bonds is 7. The Balaban J connectivity index is 0.000000114. The molecule has 23 aromatic rings. The smallest absolute Gasteiger partial charge is 0.235 e. The van der Waals surface area contributed by atoms with Crippen LogP contribution in [0.1, 0.15) is 11.1 Å². The molecular formula is C101H60BrN5S4. The largest absolute Gasteiger partial charge is 0.276 e. The number of thiophene rings is 4. The lowest BCUT2D eigenvalue weighted by Gasteiger charge is -2.13. The summed E-state index contributed by atoms with van der Waals surface area (Å²) in [6.07, 6.45) is 1.06. The highest BCUT2D eigenvalue weighted by molar-refractivity contribution is 9.10. The summed E-state index contributed by atoms with van der Waals surface area (Å²) in [4.78, 5) is 20.3. The molecule has 520 valence electrons. The Morgan fingerprint density at radius 1 is 0.261 bits per heavy atom. The number of nitrogens with zero attached hydrogens (tertiary/aromatic N) is 5. The van der Waals surface area contributed by atoms with E-state index in [1.54, 1.807) is 0 Å². The van der Waals surface area contributed by atoms with E-state index in [1.807, 2.05) is 51.4 Å². The minimum absolute atomic E-state index is 0.590. The highest BCUT2D eigenvalue weighted by Crippen LogP contribution is 2.52. The molecule has 0 fully saturated rings. The van der Waals surface area contributed by atoms with Gasteiger partial charge in [-0.3, -0.25) is 4.57 Å². The number of hydrogen-bond acceptors (Lipinski definition) is 8. The van der Waals surface area contributed by atoms with Gasteiger partial charge < -0.3 is 0 Å². The molecule has 24 rings (SSSR count). The molecule has 10 heteroatoms. The molecule has 1 aliphatic carbocycles. The van der Waals surface area contributed by atoms with Gasteiger partial charge in [-0.1, -0.05) is 285 Å². The van der Waals surface area contributed by atoms with E-state index in [0.29, 0.717) is 10.7 Å². The van der Waals surface area contributed by atoms with Crippen LogP contribution in [0.15, 0.2) is 357 Å². The zero-order valence-corrected chi connectivity index (χ0v) is 64.3. The number of hydrogen-bond donors (Lipinski definition) is 0. The van der Waals surface area contributed by atoms with Crippen molar-refractivity contribution in [1.82, 2.24) is 24.5 Å². The van der Waals surface area contributed by atoms with Gasteiger partial charge in [-0.05, 0) is 149 Å². The maximum absolute atomic E-state index is 5.51. The fourth-order valence-electron chi connectivity index (χ4n) is 16.9. The molecule has 0 atom stereocenters. The second-order valence-electron chi connectivity index (χ2n) is 28.3. The van der Waals surface area contributed by atoms with Gasteiger partial charge in [0.2, 0.25) is 5.95 Å². The van der Waals surface area contributed by atoms with Crippen LogP contribution in [0.4, 0.5) is 0 Å². The van der Waals surface area contributed by atoms with Crippen LogP contribution >= 0.6 is 61.3 Å². The van der Waals surface area contributed by atoms with Crippen LogP contribution in [0.2, 0.25) is 0 Å². The first kappa shape index (κ1) is 65.4. The van der Waals surface area contributed by atoms with E-state index in [0.717, 1.165) is 62.5 Å². The number of benzene rings is 16. The summed E-state index contributed by atoms with van der Waals surface area (Å²) >= 11 is 11.0. The number of fused-ring (bicyclic) bond motifs is 26. The normalized spacial score (nSPS) is 12.0. The van der Waals surface area contributed by atoms with Gasteiger partial charge in [0.15, 0.2) is 4.73 Å². The fourth-order valence-corrected chi connectivity index (χ4v) is 22.0. The molecule has 0 saturated heterocycles. The lowest BCUT2D eigenvalue weighted by atomic mass is 9.94. The van der Waals surface area contributed by atoms with Gasteiger partial charge in [-0.2, -0.15) is 0 Å². The molecular weight excluding hydrogens is 1490 g/mol. The summed E-state index contributed by atoms with van der Waals surface area (Å²) in [5.74, 6) is 0.662. The van der Waals surface area contributed by atoms with E-state index >= 15 is 0 Å². The molecule has 0 unspecified atom stereocenters. The summed E-state index contributed by atoms with van der Waals surface area (Å²) in [5.41, 5.74) is 20.7. The lowest BCUT2D eigenvalue weighted by molar-refractivity contribution is 0.999. The first-order chi connectivity index (χ1) is 54.9. The van der Waals surface area contributed by atoms with Crippen molar-refractivity contribution in [3.8, 4) is 84.4 Å². The van der Waals surface area contributed by atoms with Gasteiger partial charge in [0.05, 0.1) is 38.5 Å². The summed E-state index contributed by atoms with van der Waals surface area (Å²) in [6, 6.07) is 126. The average Bonchev–Trinajstić information content (AvgIpc) is 1.62. The summed E-state index contributed by atoms with van der Waals surface area (Å²) in [5, 5.41) is 18.2. The Kier molecular flexibility index (Phi) is 15.9. The van der Waals surface area contributed by atoms with Crippen LogP contribution < -0.4 is 0 Å². The van der Waals surface area contributed by atoms with Gasteiger partial charge in [-0.25, -0.2) is 19.9 Å². The Morgan fingerprint density at radius 3 is 1.19 bits per heavy atom. The second-order valence-corrected chi connectivity index (χ2v) is 33.3. The maximum atomic E-state index is 5.51. The Bertz CT molecular complexity index is 7690. The van der Waals surface area contributed by atoms with Crippen LogP contribution in [0, 0.1) is 0 Å². The first-order valence-electron chi connectivity index (χ1n) is 37.2. The van der Waals surface area contributed by atoms with Gasteiger partial charge in [-0.15, -0.1) is 45.3 Å². The Hall–Kier alpha value is -12.6. The first-order valence-corrected chi connectivity index (χ1v) is 41.3. The topological polar surface area (TPSA) is 56.5 Å². The van der Waals surface area contributed by atoms with E-state index < -0.39 is 0 Å².